The lowest BCUT2D eigenvalue weighted by Gasteiger charge is -2.33. The monoisotopic (exact) mass is 553 g/mol. The van der Waals surface area contributed by atoms with Crippen LogP contribution in [0.15, 0.2) is 34.1 Å². The van der Waals surface area contributed by atoms with Crippen LogP contribution in [0.3, 0.4) is 0 Å². The molecule has 4 rings (SSSR count). The number of hydrogen-bond acceptors (Lipinski definition) is 7. The summed E-state index contributed by atoms with van der Waals surface area (Å²) in [6.07, 6.45) is 4.39. The smallest absolute Gasteiger partial charge is 0.275 e. The van der Waals surface area contributed by atoms with Crippen molar-refractivity contribution in [2.75, 3.05) is 45.9 Å². The number of hydrogen-bond donors (Lipinski definition) is 2. The summed E-state index contributed by atoms with van der Waals surface area (Å²) in [7, 11) is -1.95. The summed E-state index contributed by atoms with van der Waals surface area (Å²) in [6.45, 7) is 6.89. The molecule has 204 valence electrons. The fourth-order valence-corrected chi connectivity index (χ4v) is 6.08. The quantitative estimate of drug-likeness (QED) is 0.395. The number of nitrogens with zero attached hydrogens (tertiary/aromatic N) is 4. The molecule has 0 radical (unpaired) electrons. The van der Waals surface area contributed by atoms with E-state index in [9.17, 15) is 13.2 Å². The van der Waals surface area contributed by atoms with Gasteiger partial charge in [0.1, 0.15) is 17.1 Å². The van der Waals surface area contributed by atoms with Gasteiger partial charge in [0.05, 0.1) is 29.2 Å². The Bertz CT molecular complexity index is 1380. The molecule has 3 aromatic rings. The number of piperazine rings is 1. The molecule has 1 aliphatic heterocycles. The van der Waals surface area contributed by atoms with Crippen LogP contribution in [-0.4, -0.2) is 83.2 Å². The Hall–Kier alpha value is -2.44. The minimum Gasteiger partial charge on any atom is -0.493 e. The van der Waals surface area contributed by atoms with Gasteiger partial charge in [-0.25, -0.2) is 13.4 Å². The number of H-pyrrole nitrogens is 1. The van der Waals surface area contributed by atoms with Crippen molar-refractivity contribution in [3.05, 3.63) is 40.3 Å². The number of halogens is 1. The highest BCUT2D eigenvalue weighted by atomic mass is 35.5. The predicted molar refractivity (Wildman–Crippen MR) is 146 cm³/mol. The van der Waals surface area contributed by atoms with Gasteiger partial charge < -0.3 is 19.4 Å². The number of aromatic nitrogens is 3. The van der Waals surface area contributed by atoms with E-state index in [4.69, 9.17) is 14.8 Å². The average Bonchev–Trinajstić information content (AvgIpc) is 3.18. The van der Waals surface area contributed by atoms with Crippen LogP contribution in [-0.2, 0) is 23.5 Å². The molecule has 1 aromatic carbocycles. The highest BCUT2D eigenvalue weighted by Crippen LogP contribution is 2.32. The zero-order chi connectivity index (χ0) is 25.9. The molecular formula is C25H36ClN5O5S. The molecule has 10 nitrogen and oxygen atoms in total. The van der Waals surface area contributed by atoms with E-state index in [1.807, 2.05) is 25.1 Å². The van der Waals surface area contributed by atoms with E-state index in [0.717, 1.165) is 24.8 Å². The number of aliphatic hydroxyl groups is 1. The molecule has 0 bridgehead atoms. The number of aliphatic hydroxyl groups excluding tert-OH is 1. The van der Waals surface area contributed by atoms with Crippen molar-refractivity contribution in [1.29, 1.82) is 0 Å². The summed E-state index contributed by atoms with van der Waals surface area (Å²) in [5, 5.41) is 9.16. The van der Waals surface area contributed by atoms with E-state index in [1.165, 1.54) is 4.31 Å². The number of β-amino-alcohol motifs (C(OH)–C–C–N with tert-alkyl or cyclic N) is 1. The van der Waals surface area contributed by atoms with E-state index < -0.39 is 10.0 Å². The highest BCUT2D eigenvalue weighted by molar-refractivity contribution is 7.89. The average molecular weight is 554 g/mol. The van der Waals surface area contributed by atoms with Crippen molar-refractivity contribution >= 4 is 33.5 Å². The second-order valence-electron chi connectivity index (χ2n) is 9.10. The Morgan fingerprint density at radius 3 is 2.51 bits per heavy atom. The lowest BCUT2D eigenvalue weighted by Crippen LogP contribution is -2.49. The first-order valence-electron chi connectivity index (χ1n) is 12.5. The van der Waals surface area contributed by atoms with Crippen LogP contribution in [0.4, 0.5) is 0 Å². The van der Waals surface area contributed by atoms with Gasteiger partial charge in [-0.2, -0.15) is 4.31 Å². The third kappa shape index (κ3) is 6.01. The molecule has 12 heteroatoms. The zero-order valence-corrected chi connectivity index (χ0v) is 23.2. The zero-order valence-electron chi connectivity index (χ0n) is 21.6. The molecule has 2 N–H and O–H groups in total. The van der Waals surface area contributed by atoms with Crippen molar-refractivity contribution in [2.45, 2.75) is 38.0 Å². The van der Waals surface area contributed by atoms with Crippen LogP contribution < -0.4 is 10.3 Å². The molecular weight excluding hydrogens is 518 g/mol. The molecule has 1 aliphatic rings. The van der Waals surface area contributed by atoms with E-state index >= 15 is 0 Å². The Kier molecular flexibility index (Phi) is 9.76. The fraction of sp³-hybridized carbons (Fsp3) is 0.520. The summed E-state index contributed by atoms with van der Waals surface area (Å²) in [5.74, 6) is 0.756. The lowest BCUT2D eigenvalue weighted by atomic mass is 10.1. The standard InChI is InChI=1S/C25H35N5O5S.ClH/c1-4-6-18-17-28(3)23-22(18)26-24(27-25(23)32)20-16-19(7-8-21(20)35-15-5-2)36(33,34)30-11-9-29(10-12-30)13-14-31;/h7-8,16-17,31H,4-6,9-15H2,1-3H3,(H,26,27,32);1H. The molecule has 0 amide bonds. The summed E-state index contributed by atoms with van der Waals surface area (Å²) in [6, 6.07) is 4.74. The number of aryl methyl sites for hydroxylation is 2. The number of aromatic amines is 1. The Morgan fingerprint density at radius 2 is 1.86 bits per heavy atom. The van der Waals surface area contributed by atoms with Crippen LogP contribution in [0.25, 0.3) is 22.4 Å². The topological polar surface area (TPSA) is 121 Å². The Labute approximate surface area is 223 Å². The number of rotatable bonds is 10. The molecule has 2 aromatic heterocycles. The number of benzene rings is 1. The maximum atomic E-state index is 13.5. The fourth-order valence-electron chi connectivity index (χ4n) is 4.63. The minimum atomic E-state index is -3.77. The first kappa shape index (κ1) is 29.1. The van der Waals surface area contributed by atoms with Gasteiger partial charge in [-0.3, -0.25) is 9.69 Å². The Morgan fingerprint density at radius 1 is 1.14 bits per heavy atom. The van der Waals surface area contributed by atoms with Crippen molar-refractivity contribution in [1.82, 2.24) is 23.7 Å². The number of sulfonamides is 1. The van der Waals surface area contributed by atoms with Crippen LogP contribution in [0.2, 0.25) is 0 Å². The third-order valence-corrected chi connectivity index (χ3v) is 8.37. The molecule has 1 fully saturated rings. The predicted octanol–water partition coefficient (Wildman–Crippen LogP) is 2.39. The minimum absolute atomic E-state index is 0. The largest absolute Gasteiger partial charge is 0.493 e. The molecule has 0 atom stereocenters. The molecule has 0 spiro atoms. The van der Waals surface area contributed by atoms with Crippen molar-refractivity contribution in [2.24, 2.45) is 7.05 Å². The van der Waals surface area contributed by atoms with Crippen LogP contribution in [0.5, 0.6) is 5.75 Å². The highest BCUT2D eigenvalue weighted by Gasteiger charge is 2.29. The van der Waals surface area contributed by atoms with Crippen LogP contribution in [0, 0.1) is 0 Å². The molecule has 37 heavy (non-hydrogen) atoms. The van der Waals surface area contributed by atoms with Gasteiger partial charge in [0.15, 0.2) is 0 Å². The molecule has 3 heterocycles. The maximum absolute atomic E-state index is 13.5. The van der Waals surface area contributed by atoms with E-state index in [0.29, 0.717) is 61.7 Å². The Balaban J connectivity index is 0.00000380. The summed E-state index contributed by atoms with van der Waals surface area (Å²) in [4.78, 5) is 22.8. The van der Waals surface area contributed by atoms with Gasteiger partial charge >= 0.3 is 0 Å². The van der Waals surface area contributed by atoms with Crippen molar-refractivity contribution in [3.8, 4) is 17.1 Å². The molecule has 1 saturated heterocycles. The van der Waals surface area contributed by atoms with E-state index in [-0.39, 0.29) is 35.3 Å². The van der Waals surface area contributed by atoms with Gasteiger partial charge in [-0.1, -0.05) is 20.3 Å². The van der Waals surface area contributed by atoms with Gasteiger partial charge in [0.25, 0.3) is 5.56 Å². The lowest BCUT2D eigenvalue weighted by molar-refractivity contribution is 0.151. The summed E-state index contributed by atoms with van der Waals surface area (Å²) >= 11 is 0. The normalized spacial score (nSPS) is 15.1. The maximum Gasteiger partial charge on any atom is 0.275 e. The second-order valence-corrected chi connectivity index (χ2v) is 11.0. The van der Waals surface area contributed by atoms with Gasteiger partial charge in [-0.05, 0) is 36.6 Å². The number of fused-ring (bicyclic) bond motifs is 1. The van der Waals surface area contributed by atoms with E-state index in [2.05, 4.69) is 11.9 Å². The molecule has 0 unspecified atom stereocenters. The van der Waals surface area contributed by atoms with Gasteiger partial charge in [0, 0.05) is 46.0 Å². The first-order chi connectivity index (χ1) is 17.3. The van der Waals surface area contributed by atoms with Crippen molar-refractivity contribution in [3.63, 3.8) is 0 Å². The third-order valence-electron chi connectivity index (χ3n) is 6.47. The summed E-state index contributed by atoms with van der Waals surface area (Å²) in [5.41, 5.74) is 2.24. The molecule has 0 aliphatic carbocycles. The number of ether oxygens (including phenoxy) is 1. The van der Waals surface area contributed by atoms with Gasteiger partial charge in [-0.15, -0.1) is 12.4 Å². The van der Waals surface area contributed by atoms with Crippen LogP contribution >= 0.6 is 12.4 Å². The van der Waals surface area contributed by atoms with E-state index in [1.54, 1.807) is 22.8 Å². The van der Waals surface area contributed by atoms with Gasteiger partial charge in [0.2, 0.25) is 10.0 Å². The first-order valence-corrected chi connectivity index (χ1v) is 13.9. The van der Waals surface area contributed by atoms with Crippen LogP contribution in [0.1, 0.15) is 32.3 Å². The SMILES string of the molecule is CCCOc1ccc(S(=O)(=O)N2CCN(CCO)CC2)cc1-c1nc2c(CCC)cn(C)c2c(=O)[nH]1.Cl. The second kappa shape index (κ2) is 12.4. The van der Waals surface area contributed by atoms with Crippen molar-refractivity contribution < 1.29 is 18.3 Å². The number of nitrogens with one attached hydrogen (secondary N) is 1. The summed E-state index contributed by atoms with van der Waals surface area (Å²) < 4.78 is 36.2. The molecule has 0 saturated carbocycles.